The number of esters is 1. The standard InChI is InChI=1S/C13H25NO2/c1-4-6-8-9-14-12(3)11-13(15)16-10-7-5-2/h4-11H2,1-3H3/b14-12-. The van der Waals surface area contributed by atoms with Crippen LogP contribution < -0.4 is 0 Å². The Bertz CT molecular complexity index is 212. The topological polar surface area (TPSA) is 38.7 Å². The minimum Gasteiger partial charge on any atom is -0.465 e. The molecule has 0 aliphatic rings. The van der Waals surface area contributed by atoms with Gasteiger partial charge in [-0.25, -0.2) is 0 Å². The Morgan fingerprint density at radius 3 is 2.44 bits per heavy atom. The van der Waals surface area contributed by atoms with Crippen LogP contribution in [0.15, 0.2) is 4.99 Å². The Labute approximate surface area is 99.3 Å². The molecule has 3 nitrogen and oxygen atoms in total. The van der Waals surface area contributed by atoms with Crippen molar-refractivity contribution < 1.29 is 9.53 Å². The molecule has 0 aliphatic heterocycles. The lowest BCUT2D eigenvalue weighted by molar-refractivity contribution is -0.142. The van der Waals surface area contributed by atoms with E-state index in [1.54, 1.807) is 0 Å². The van der Waals surface area contributed by atoms with E-state index in [1.807, 2.05) is 6.92 Å². The van der Waals surface area contributed by atoms with E-state index in [0.29, 0.717) is 13.0 Å². The molecule has 16 heavy (non-hydrogen) atoms. The number of ether oxygens (including phenoxy) is 1. The van der Waals surface area contributed by atoms with Crippen LogP contribution in [0.3, 0.4) is 0 Å². The average molecular weight is 227 g/mol. The van der Waals surface area contributed by atoms with Gasteiger partial charge in [0.2, 0.25) is 0 Å². The van der Waals surface area contributed by atoms with E-state index in [9.17, 15) is 4.79 Å². The van der Waals surface area contributed by atoms with Crippen molar-refractivity contribution in [2.24, 2.45) is 4.99 Å². The van der Waals surface area contributed by atoms with Crippen LogP contribution in [0.5, 0.6) is 0 Å². The van der Waals surface area contributed by atoms with Crippen molar-refractivity contribution in [2.75, 3.05) is 13.2 Å². The largest absolute Gasteiger partial charge is 0.465 e. The number of carbonyl (C=O) groups is 1. The second-order valence-corrected chi connectivity index (χ2v) is 4.07. The Morgan fingerprint density at radius 2 is 1.81 bits per heavy atom. The summed E-state index contributed by atoms with van der Waals surface area (Å²) >= 11 is 0. The molecule has 0 heterocycles. The molecule has 0 spiro atoms. The van der Waals surface area contributed by atoms with Crippen molar-refractivity contribution in [3.8, 4) is 0 Å². The number of rotatable bonds is 9. The quantitative estimate of drug-likeness (QED) is 0.344. The first-order valence-corrected chi connectivity index (χ1v) is 6.36. The summed E-state index contributed by atoms with van der Waals surface area (Å²) in [6.45, 7) is 7.52. The molecule has 0 aromatic carbocycles. The van der Waals surface area contributed by atoms with Gasteiger partial charge in [-0.05, 0) is 19.8 Å². The smallest absolute Gasteiger partial charge is 0.311 e. The summed E-state index contributed by atoms with van der Waals surface area (Å²) in [6, 6.07) is 0. The molecule has 0 aromatic rings. The van der Waals surface area contributed by atoms with Gasteiger partial charge in [-0.1, -0.05) is 33.1 Å². The van der Waals surface area contributed by atoms with Gasteiger partial charge in [0.15, 0.2) is 0 Å². The first kappa shape index (κ1) is 15.1. The maximum Gasteiger partial charge on any atom is 0.311 e. The van der Waals surface area contributed by atoms with E-state index < -0.39 is 0 Å². The van der Waals surface area contributed by atoms with Gasteiger partial charge in [0, 0.05) is 12.3 Å². The monoisotopic (exact) mass is 227 g/mol. The van der Waals surface area contributed by atoms with Crippen molar-refractivity contribution in [3.05, 3.63) is 0 Å². The normalized spacial score (nSPS) is 11.6. The second kappa shape index (κ2) is 10.7. The Balaban J connectivity index is 3.59. The van der Waals surface area contributed by atoms with Crippen LogP contribution in [-0.4, -0.2) is 24.8 Å². The second-order valence-electron chi connectivity index (χ2n) is 4.07. The van der Waals surface area contributed by atoms with Crippen LogP contribution in [0.4, 0.5) is 0 Å². The highest BCUT2D eigenvalue weighted by molar-refractivity contribution is 5.97. The number of unbranched alkanes of at least 4 members (excludes halogenated alkanes) is 3. The van der Waals surface area contributed by atoms with Crippen molar-refractivity contribution in [1.82, 2.24) is 0 Å². The molecular formula is C13H25NO2. The van der Waals surface area contributed by atoms with Gasteiger partial charge in [0.1, 0.15) is 0 Å². The molecule has 0 saturated heterocycles. The van der Waals surface area contributed by atoms with E-state index in [4.69, 9.17) is 4.74 Å². The average Bonchev–Trinajstić information content (AvgIpc) is 2.25. The molecule has 0 aliphatic carbocycles. The molecule has 0 rings (SSSR count). The third-order valence-electron chi connectivity index (χ3n) is 2.30. The van der Waals surface area contributed by atoms with Crippen LogP contribution in [0.1, 0.15) is 59.3 Å². The summed E-state index contributed by atoms with van der Waals surface area (Å²) in [5.41, 5.74) is 0.887. The third kappa shape index (κ3) is 9.69. The zero-order chi connectivity index (χ0) is 12.2. The van der Waals surface area contributed by atoms with Crippen molar-refractivity contribution in [3.63, 3.8) is 0 Å². The predicted octanol–water partition coefficient (Wildman–Crippen LogP) is 3.37. The van der Waals surface area contributed by atoms with Crippen molar-refractivity contribution >= 4 is 11.7 Å². The highest BCUT2D eigenvalue weighted by atomic mass is 16.5. The van der Waals surface area contributed by atoms with Crippen LogP contribution in [0, 0.1) is 0 Å². The SMILES string of the molecule is CCCCC/N=C(/C)CC(=O)OCCCC. The van der Waals surface area contributed by atoms with Crippen molar-refractivity contribution in [1.29, 1.82) is 0 Å². The molecule has 0 atom stereocenters. The Morgan fingerprint density at radius 1 is 1.12 bits per heavy atom. The maximum absolute atomic E-state index is 11.3. The highest BCUT2D eigenvalue weighted by Gasteiger charge is 2.04. The summed E-state index contributed by atoms with van der Waals surface area (Å²) in [5.74, 6) is -0.148. The van der Waals surface area contributed by atoms with Gasteiger partial charge in [-0.15, -0.1) is 0 Å². The third-order valence-corrected chi connectivity index (χ3v) is 2.30. The number of carbonyl (C=O) groups excluding carboxylic acids is 1. The van der Waals surface area contributed by atoms with E-state index in [-0.39, 0.29) is 5.97 Å². The molecule has 0 N–H and O–H groups in total. The van der Waals surface area contributed by atoms with Gasteiger partial charge >= 0.3 is 5.97 Å². The summed E-state index contributed by atoms with van der Waals surface area (Å²) in [6.07, 6.45) is 5.86. The summed E-state index contributed by atoms with van der Waals surface area (Å²) in [4.78, 5) is 15.7. The van der Waals surface area contributed by atoms with Crippen LogP contribution in [0.25, 0.3) is 0 Å². The van der Waals surface area contributed by atoms with Gasteiger partial charge in [-0.3, -0.25) is 9.79 Å². The number of nitrogens with zero attached hydrogens (tertiary/aromatic N) is 1. The molecular weight excluding hydrogens is 202 g/mol. The maximum atomic E-state index is 11.3. The molecule has 94 valence electrons. The fraction of sp³-hybridized carbons (Fsp3) is 0.846. The van der Waals surface area contributed by atoms with Crippen LogP contribution in [0.2, 0.25) is 0 Å². The molecule has 0 fully saturated rings. The number of hydrogen-bond acceptors (Lipinski definition) is 3. The predicted molar refractivity (Wildman–Crippen MR) is 68.0 cm³/mol. The lowest BCUT2D eigenvalue weighted by Crippen LogP contribution is -2.10. The van der Waals surface area contributed by atoms with E-state index in [2.05, 4.69) is 18.8 Å². The van der Waals surface area contributed by atoms with E-state index in [0.717, 1.165) is 31.5 Å². The Hall–Kier alpha value is -0.860. The molecule has 3 heteroatoms. The summed E-state index contributed by atoms with van der Waals surface area (Å²) in [5, 5.41) is 0. The van der Waals surface area contributed by atoms with Gasteiger partial charge in [-0.2, -0.15) is 0 Å². The lowest BCUT2D eigenvalue weighted by atomic mass is 10.2. The molecule has 0 unspecified atom stereocenters. The van der Waals surface area contributed by atoms with Gasteiger partial charge in [0.25, 0.3) is 0 Å². The minimum atomic E-state index is -0.148. The molecule has 0 aromatic heterocycles. The zero-order valence-corrected chi connectivity index (χ0v) is 10.9. The molecule has 0 saturated carbocycles. The first-order chi connectivity index (χ1) is 7.70. The zero-order valence-electron chi connectivity index (χ0n) is 10.9. The highest BCUT2D eigenvalue weighted by Crippen LogP contribution is 1.97. The van der Waals surface area contributed by atoms with Gasteiger partial charge in [0.05, 0.1) is 13.0 Å². The number of hydrogen-bond donors (Lipinski definition) is 0. The minimum absolute atomic E-state index is 0.148. The summed E-state index contributed by atoms with van der Waals surface area (Å²) in [7, 11) is 0. The van der Waals surface area contributed by atoms with Crippen molar-refractivity contribution in [2.45, 2.75) is 59.3 Å². The molecule has 0 bridgehead atoms. The van der Waals surface area contributed by atoms with Gasteiger partial charge < -0.3 is 4.74 Å². The summed E-state index contributed by atoms with van der Waals surface area (Å²) < 4.78 is 5.06. The fourth-order valence-corrected chi connectivity index (χ4v) is 1.28. The van der Waals surface area contributed by atoms with Crippen LogP contribution in [-0.2, 0) is 9.53 Å². The molecule has 0 radical (unpaired) electrons. The lowest BCUT2D eigenvalue weighted by Gasteiger charge is -2.03. The molecule has 0 amide bonds. The van der Waals surface area contributed by atoms with E-state index in [1.165, 1.54) is 12.8 Å². The van der Waals surface area contributed by atoms with Crippen LogP contribution >= 0.6 is 0 Å². The first-order valence-electron chi connectivity index (χ1n) is 6.36. The van der Waals surface area contributed by atoms with E-state index >= 15 is 0 Å². The fourth-order valence-electron chi connectivity index (χ4n) is 1.28. The Kier molecular flexibility index (Phi) is 10.1. The number of aliphatic imine (C=N–C) groups is 1.